The van der Waals surface area contributed by atoms with Gasteiger partial charge in [0.2, 0.25) is 0 Å². The fourth-order valence-corrected chi connectivity index (χ4v) is 1.85. The lowest BCUT2D eigenvalue weighted by atomic mass is 10.0. The lowest BCUT2D eigenvalue weighted by Crippen LogP contribution is -2.00. The van der Waals surface area contributed by atoms with Crippen molar-refractivity contribution in [2.24, 2.45) is 0 Å². The summed E-state index contributed by atoms with van der Waals surface area (Å²) in [5.74, 6) is 0. The van der Waals surface area contributed by atoms with Gasteiger partial charge in [-0.15, -0.1) is 0 Å². The summed E-state index contributed by atoms with van der Waals surface area (Å²) in [6, 6.07) is 8.57. The Morgan fingerprint density at radius 2 is 1.94 bits per heavy atom. The topological polar surface area (TPSA) is 48.9 Å². The van der Waals surface area contributed by atoms with Gasteiger partial charge in [0, 0.05) is 6.20 Å². The van der Waals surface area contributed by atoms with Gasteiger partial charge in [0.05, 0.1) is 18.1 Å². The van der Waals surface area contributed by atoms with E-state index in [4.69, 9.17) is 0 Å². The number of aromatic amines is 1. The van der Waals surface area contributed by atoms with Gasteiger partial charge in [0.1, 0.15) is 0 Å². The van der Waals surface area contributed by atoms with Gasteiger partial charge in [-0.2, -0.15) is 0 Å². The van der Waals surface area contributed by atoms with Gasteiger partial charge in [-0.25, -0.2) is 4.98 Å². The Labute approximate surface area is 102 Å². The van der Waals surface area contributed by atoms with Gasteiger partial charge in [0.15, 0.2) is 0 Å². The predicted molar refractivity (Wildman–Crippen MR) is 67.7 cm³/mol. The van der Waals surface area contributed by atoms with Crippen molar-refractivity contribution in [3.8, 4) is 0 Å². The molecule has 0 aliphatic carbocycles. The first-order valence-electron chi connectivity index (χ1n) is 6.04. The zero-order valence-electron chi connectivity index (χ0n) is 10.1. The molecule has 0 aliphatic heterocycles. The van der Waals surface area contributed by atoms with Gasteiger partial charge in [-0.3, -0.25) is 0 Å². The minimum Gasteiger partial charge on any atom is -0.387 e. The van der Waals surface area contributed by atoms with Crippen molar-refractivity contribution in [3.63, 3.8) is 0 Å². The molecule has 17 heavy (non-hydrogen) atoms. The third-order valence-corrected chi connectivity index (χ3v) is 3.00. The van der Waals surface area contributed by atoms with Gasteiger partial charge >= 0.3 is 0 Å². The molecule has 1 heterocycles. The molecule has 0 saturated heterocycles. The van der Waals surface area contributed by atoms with Crippen LogP contribution < -0.4 is 0 Å². The van der Waals surface area contributed by atoms with Gasteiger partial charge < -0.3 is 10.1 Å². The van der Waals surface area contributed by atoms with Gasteiger partial charge in [-0.05, 0) is 30.4 Å². The maximum atomic E-state index is 9.89. The SMILES string of the molecule is CCc1ccc(CCC(O)c2c[nH]cn2)cc1. The Bertz CT molecular complexity index is 434. The fraction of sp³-hybridized carbons (Fsp3) is 0.357. The zero-order chi connectivity index (χ0) is 12.1. The predicted octanol–water partition coefficient (Wildman–Crippen LogP) is 2.64. The summed E-state index contributed by atoms with van der Waals surface area (Å²) in [5, 5.41) is 9.89. The molecule has 0 spiro atoms. The highest BCUT2D eigenvalue weighted by atomic mass is 16.3. The standard InChI is InChI=1S/C14H18N2O/c1-2-11-3-5-12(6-4-11)7-8-14(17)13-9-15-10-16-13/h3-6,9-10,14,17H,2,7-8H2,1H3,(H,15,16). The van der Waals surface area contributed by atoms with Crippen molar-refractivity contribution < 1.29 is 5.11 Å². The molecule has 2 N–H and O–H groups in total. The molecule has 0 fully saturated rings. The monoisotopic (exact) mass is 230 g/mol. The molecule has 1 aromatic heterocycles. The average molecular weight is 230 g/mol. The van der Waals surface area contributed by atoms with Crippen LogP contribution in [0.2, 0.25) is 0 Å². The number of hydrogen-bond donors (Lipinski definition) is 2. The van der Waals surface area contributed by atoms with Crippen molar-refractivity contribution in [3.05, 3.63) is 53.6 Å². The summed E-state index contributed by atoms with van der Waals surface area (Å²) in [5.41, 5.74) is 3.33. The van der Waals surface area contributed by atoms with E-state index in [0.717, 1.165) is 18.5 Å². The van der Waals surface area contributed by atoms with Crippen LogP contribution in [0.15, 0.2) is 36.8 Å². The third-order valence-electron chi connectivity index (χ3n) is 3.00. The maximum Gasteiger partial charge on any atom is 0.0978 e. The number of aryl methyl sites for hydroxylation is 2. The fourth-order valence-electron chi connectivity index (χ4n) is 1.85. The number of rotatable bonds is 5. The lowest BCUT2D eigenvalue weighted by Gasteiger charge is -2.08. The first-order valence-corrected chi connectivity index (χ1v) is 6.04. The van der Waals surface area contributed by atoms with Crippen LogP contribution in [-0.2, 0) is 12.8 Å². The Balaban J connectivity index is 1.89. The molecular weight excluding hydrogens is 212 g/mol. The number of benzene rings is 1. The normalized spacial score (nSPS) is 12.6. The summed E-state index contributed by atoms with van der Waals surface area (Å²) in [6.07, 6.45) is 5.50. The second kappa shape index (κ2) is 5.64. The first kappa shape index (κ1) is 11.9. The van der Waals surface area contributed by atoms with E-state index < -0.39 is 6.10 Å². The highest BCUT2D eigenvalue weighted by molar-refractivity contribution is 5.22. The van der Waals surface area contributed by atoms with E-state index in [1.54, 1.807) is 12.5 Å². The minimum atomic E-state index is -0.480. The van der Waals surface area contributed by atoms with Crippen molar-refractivity contribution in [2.75, 3.05) is 0 Å². The summed E-state index contributed by atoms with van der Waals surface area (Å²) in [4.78, 5) is 6.90. The molecule has 3 heteroatoms. The van der Waals surface area contributed by atoms with Crippen molar-refractivity contribution in [1.29, 1.82) is 0 Å². The first-order chi connectivity index (χ1) is 8.29. The summed E-state index contributed by atoms with van der Waals surface area (Å²) < 4.78 is 0. The molecule has 1 unspecified atom stereocenters. The zero-order valence-corrected chi connectivity index (χ0v) is 10.1. The van der Waals surface area contributed by atoms with Crippen LogP contribution in [0.5, 0.6) is 0 Å². The van der Waals surface area contributed by atoms with E-state index in [0.29, 0.717) is 6.42 Å². The third kappa shape index (κ3) is 3.17. The number of aromatic nitrogens is 2. The molecule has 0 radical (unpaired) electrons. The quantitative estimate of drug-likeness (QED) is 0.829. The summed E-state index contributed by atoms with van der Waals surface area (Å²) in [6.45, 7) is 2.15. The molecule has 0 aliphatic rings. The second-order valence-corrected chi connectivity index (χ2v) is 4.22. The number of aliphatic hydroxyl groups is 1. The van der Waals surface area contributed by atoms with E-state index >= 15 is 0 Å². The minimum absolute atomic E-state index is 0.480. The second-order valence-electron chi connectivity index (χ2n) is 4.22. The number of nitrogens with one attached hydrogen (secondary N) is 1. The number of imidazole rings is 1. The van der Waals surface area contributed by atoms with E-state index in [9.17, 15) is 5.11 Å². The Morgan fingerprint density at radius 1 is 1.24 bits per heavy atom. The number of nitrogens with zero attached hydrogens (tertiary/aromatic N) is 1. The van der Waals surface area contributed by atoms with Gasteiger partial charge in [0.25, 0.3) is 0 Å². The smallest absolute Gasteiger partial charge is 0.0978 e. The van der Waals surface area contributed by atoms with Crippen LogP contribution in [0, 0.1) is 0 Å². The molecule has 0 saturated carbocycles. The molecule has 1 aromatic carbocycles. The number of H-pyrrole nitrogens is 1. The van der Waals surface area contributed by atoms with Crippen LogP contribution >= 0.6 is 0 Å². The molecule has 0 amide bonds. The van der Waals surface area contributed by atoms with Crippen LogP contribution in [0.3, 0.4) is 0 Å². The molecular formula is C14H18N2O. The molecule has 2 aromatic rings. The van der Waals surface area contributed by atoms with Crippen molar-refractivity contribution >= 4 is 0 Å². The molecule has 1 atom stereocenters. The van der Waals surface area contributed by atoms with E-state index in [-0.39, 0.29) is 0 Å². The number of hydrogen-bond acceptors (Lipinski definition) is 2. The van der Waals surface area contributed by atoms with E-state index in [1.165, 1.54) is 11.1 Å². The molecule has 2 rings (SSSR count). The molecule has 90 valence electrons. The Kier molecular flexibility index (Phi) is 3.94. The van der Waals surface area contributed by atoms with E-state index in [1.807, 2.05) is 0 Å². The highest BCUT2D eigenvalue weighted by Crippen LogP contribution is 2.16. The molecule has 0 bridgehead atoms. The van der Waals surface area contributed by atoms with Crippen LogP contribution in [0.4, 0.5) is 0 Å². The largest absolute Gasteiger partial charge is 0.387 e. The van der Waals surface area contributed by atoms with E-state index in [2.05, 4.69) is 41.2 Å². The van der Waals surface area contributed by atoms with Crippen LogP contribution in [0.1, 0.15) is 36.3 Å². The maximum absolute atomic E-state index is 9.89. The van der Waals surface area contributed by atoms with Crippen LogP contribution in [0.25, 0.3) is 0 Å². The Morgan fingerprint density at radius 3 is 2.53 bits per heavy atom. The van der Waals surface area contributed by atoms with Crippen molar-refractivity contribution in [2.45, 2.75) is 32.3 Å². The van der Waals surface area contributed by atoms with Crippen molar-refractivity contribution in [1.82, 2.24) is 9.97 Å². The van der Waals surface area contributed by atoms with Gasteiger partial charge in [-0.1, -0.05) is 31.2 Å². The number of aliphatic hydroxyl groups excluding tert-OH is 1. The summed E-state index contributed by atoms with van der Waals surface area (Å²) >= 11 is 0. The Hall–Kier alpha value is -1.61. The van der Waals surface area contributed by atoms with Crippen LogP contribution in [-0.4, -0.2) is 15.1 Å². The average Bonchev–Trinajstić information content (AvgIpc) is 2.90. The highest BCUT2D eigenvalue weighted by Gasteiger charge is 2.09. The molecule has 3 nitrogen and oxygen atoms in total. The summed E-state index contributed by atoms with van der Waals surface area (Å²) in [7, 11) is 0. The lowest BCUT2D eigenvalue weighted by molar-refractivity contribution is 0.163.